The molecule has 0 atom stereocenters. The number of aliphatic imine (C=N–C) groups is 1. The summed E-state index contributed by atoms with van der Waals surface area (Å²) in [6.07, 6.45) is 0. The van der Waals surface area contributed by atoms with Gasteiger partial charge in [0, 0.05) is 0 Å². The van der Waals surface area contributed by atoms with Crippen molar-refractivity contribution in [1.29, 1.82) is 0 Å². The molecule has 0 heterocycles. The summed E-state index contributed by atoms with van der Waals surface area (Å²) in [6.45, 7) is 1.39. The molecule has 0 aliphatic rings. The number of nitrogens with zero attached hydrogens (tertiary/aromatic N) is 1. The van der Waals surface area contributed by atoms with Gasteiger partial charge < -0.3 is 11.5 Å². The van der Waals surface area contributed by atoms with Gasteiger partial charge >= 0.3 is 11.8 Å². The Kier molecular flexibility index (Phi) is 2.37. The maximum Gasteiger partial charge on any atom is 0.336 e. The quantitative estimate of drug-likeness (QED) is 0.233. The SMILES string of the molecule is CC(N)=NC(=O)C(N)=O. The highest BCUT2D eigenvalue weighted by Crippen LogP contribution is 1.71. The molecule has 5 nitrogen and oxygen atoms in total. The molecular formula is C4H7N3O2. The molecule has 2 amide bonds. The first kappa shape index (κ1) is 7.61. The average molecular weight is 129 g/mol. The van der Waals surface area contributed by atoms with E-state index >= 15 is 0 Å². The van der Waals surface area contributed by atoms with Crippen LogP contribution in [0.4, 0.5) is 0 Å². The molecule has 0 aromatic heterocycles. The Hall–Kier alpha value is -1.39. The van der Waals surface area contributed by atoms with Crippen molar-refractivity contribution in [2.75, 3.05) is 0 Å². The Bertz CT molecular complexity index is 169. The summed E-state index contributed by atoms with van der Waals surface area (Å²) in [6, 6.07) is 0. The van der Waals surface area contributed by atoms with Crippen LogP contribution >= 0.6 is 0 Å². The van der Waals surface area contributed by atoms with E-state index < -0.39 is 11.8 Å². The van der Waals surface area contributed by atoms with Gasteiger partial charge in [-0.05, 0) is 6.92 Å². The van der Waals surface area contributed by atoms with Crippen molar-refractivity contribution in [2.45, 2.75) is 6.92 Å². The molecule has 50 valence electrons. The van der Waals surface area contributed by atoms with Gasteiger partial charge in [0.2, 0.25) is 0 Å². The fraction of sp³-hybridized carbons (Fsp3) is 0.250. The van der Waals surface area contributed by atoms with E-state index in [0.29, 0.717) is 0 Å². The number of primary amides is 1. The Labute approximate surface area is 51.7 Å². The largest absolute Gasteiger partial charge is 0.387 e. The van der Waals surface area contributed by atoms with Crippen LogP contribution in [-0.2, 0) is 9.59 Å². The lowest BCUT2D eigenvalue weighted by Crippen LogP contribution is -2.23. The summed E-state index contributed by atoms with van der Waals surface area (Å²) in [5, 5.41) is 0. The van der Waals surface area contributed by atoms with Crippen LogP contribution in [0.2, 0.25) is 0 Å². The zero-order valence-electron chi connectivity index (χ0n) is 4.92. The summed E-state index contributed by atoms with van der Waals surface area (Å²) in [5.74, 6) is -2.09. The third-order valence-corrected chi connectivity index (χ3v) is 0.489. The summed E-state index contributed by atoms with van der Waals surface area (Å²) in [7, 11) is 0. The molecule has 0 unspecified atom stereocenters. The zero-order chi connectivity index (χ0) is 7.44. The predicted molar refractivity (Wildman–Crippen MR) is 31.5 cm³/mol. The number of carbonyl (C=O) groups is 2. The molecule has 0 radical (unpaired) electrons. The smallest absolute Gasteiger partial charge is 0.336 e. The van der Waals surface area contributed by atoms with Crippen LogP contribution in [0.3, 0.4) is 0 Å². The molecule has 0 aliphatic carbocycles. The van der Waals surface area contributed by atoms with Gasteiger partial charge in [0.25, 0.3) is 0 Å². The molecule has 0 aromatic rings. The van der Waals surface area contributed by atoms with E-state index in [1.807, 2.05) is 0 Å². The Morgan fingerprint density at radius 1 is 1.33 bits per heavy atom. The van der Waals surface area contributed by atoms with Crippen molar-refractivity contribution in [3.05, 3.63) is 0 Å². The molecule has 0 spiro atoms. The lowest BCUT2D eigenvalue weighted by Gasteiger charge is -1.85. The standard InChI is InChI=1S/C4H7N3O2/c1-2(5)7-4(9)3(6)8/h1H3,(H2,6,8)(H2,5,7,9). The van der Waals surface area contributed by atoms with Crippen molar-refractivity contribution >= 4 is 17.6 Å². The second kappa shape index (κ2) is 2.81. The van der Waals surface area contributed by atoms with Crippen LogP contribution < -0.4 is 11.5 Å². The molecule has 0 saturated heterocycles. The summed E-state index contributed by atoms with van der Waals surface area (Å²) < 4.78 is 0. The van der Waals surface area contributed by atoms with Crippen LogP contribution in [0, 0.1) is 0 Å². The van der Waals surface area contributed by atoms with Crippen LogP contribution in [0.1, 0.15) is 6.92 Å². The van der Waals surface area contributed by atoms with E-state index in [2.05, 4.69) is 10.7 Å². The molecule has 5 heteroatoms. The minimum atomic E-state index is -1.10. The maximum absolute atomic E-state index is 10.2. The first-order chi connectivity index (χ1) is 4.04. The van der Waals surface area contributed by atoms with E-state index in [0.717, 1.165) is 0 Å². The number of amides is 2. The van der Waals surface area contributed by atoms with Crippen molar-refractivity contribution in [2.24, 2.45) is 16.5 Å². The predicted octanol–water partition coefficient (Wildman–Crippen LogP) is -1.62. The highest BCUT2D eigenvalue weighted by atomic mass is 16.2. The lowest BCUT2D eigenvalue weighted by molar-refractivity contribution is -0.135. The van der Waals surface area contributed by atoms with E-state index in [4.69, 9.17) is 5.73 Å². The van der Waals surface area contributed by atoms with Gasteiger partial charge in [-0.25, -0.2) is 0 Å². The van der Waals surface area contributed by atoms with Crippen LogP contribution in [0.15, 0.2) is 4.99 Å². The van der Waals surface area contributed by atoms with Gasteiger partial charge in [0.1, 0.15) is 5.84 Å². The van der Waals surface area contributed by atoms with Crippen molar-refractivity contribution < 1.29 is 9.59 Å². The third-order valence-electron chi connectivity index (χ3n) is 0.489. The molecule has 9 heavy (non-hydrogen) atoms. The van der Waals surface area contributed by atoms with Gasteiger partial charge in [-0.1, -0.05) is 0 Å². The van der Waals surface area contributed by atoms with Crippen molar-refractivity contribution in [3.8, 4) is 0 Å². The Morgan fingerprint density at radius 3 is 1.89 bits per heavy atom. The number of rotatable bonds is 0. The van der Waals surface area contributed by atoms with Crippen molar-refractivity contribution in [1.82, 2.24) is 0 Å². The fourth-order valence-corrected chi connectivity index (χ4v) is 0.215. The molecule has 0 aromatic carbocycles. The number of amidine groups is 1. The third kappa shape index (κ3) is 3.22. The summed E-state index contributed by atoms with van der Waals surface area (Å²) in [4.78, 5) is 23.2. The minimum absolute atomic E-state index is 0.0267. The number of hydrogen-bond acceptors (Lipinski definition) is 2. The monoisotopic (exact) mass is 129 g/mol. The second-order valence-corrected chi connectivity index (χ2v) is 1.42. The minimum Gasteiger partial charge on any atom is -0.387 e. The molecule has 4 N–H and O–H groups in total. The second-order valence-electron chi connectivity index (χ2n) is 1.42. The first-order valence-corrected chi connectivity index (χ1v) is 2.18. The molecule has 0 saturated carbocycles. The summed E-state index contributed by atoms with van der Waals surface area (Å²) >= 11 is 0. The van der Waals surface area contributed by atoms with Gasteiger partial charge in [0.15, 0.2) is 0 Å². The Balaban J connectivity index is 4.09. The Morgan fingerprint density at radius 2 is 1.78 bits per heavy atom. The highest BCUT2D eigenvalue weighted by molar-refractivity contribution is 6.36. The fourth-order valence-electron chi connectivity index (χ4n) is 0.215. The molecule has 0 aliphatic heterocycles. The average Bonchev–Trinajstić information content (AvgIpc) is 1.63. The molecular weight excluding hydrogens is 122 g/mol. The molecule has 0 rings (SSSR count). The summed E-state index contributed by atoms with van der Waals surface area (Å²) in [5.41, 5.74) is 9.49. The van der Waals surface area contributed by atoms with Crippen LogP contribution in [0.5, 0.6) is 0 Å². The van der Waals surface area contributed by atoms with E-state index in [1.54, 1.807) is 0 Å². The maximum atomic E-state index is 10.2. The van der Waals surface area contributed by atoms with E-state index in [1.165, 1.54) is 6.92 Å². The van der Waals surface area contributed by atoms with E-state index in [9.17, 15) is 9.59 Å². The van der Waals surface area contributed by atoms with Gasteiger partial charge in [0.05, 0.1) is 0 Å². The molecule has 0 bridgehead atoms. The van der Waals surface area contributed by atoms with Gasteiger partial charge in [-0.15, -0.1) is 0 Å². The molecule has 0 fully saturated rings. The van der Waals surface area contributed by atoms with Gasteiger partial charge in [-0.2, -0.15) is 4.99 Å². The number of nitrogens with two attached hydrogens (primary N) is 2. The zero-order valence-corrected chi connectivity index (χ0v) is 4.92. The first-order valence-electron chi connectivity index (χ1n) is 2.18. The normalized spacial score (nSPS) is 11.0. The number of hydrogen-bond donors (Lipinski definition) is 2. The van der Waals surface area contributed by atoms with Crippen LogP contribution in [-0.4, -0.2) is 17.6 Å². The number of carbonyl (C=O) groups excluding carboxylic acids is 2. The van der Waals surface area contributed by atoms with E-state index in [-0.39, 0.29) is 5.84 Å². The highest BCUT2D eigenvalue weighted by Gasteiger charge is 2.04. The van der Waals surface area contributed by atoms with Gasteiger partial charge in [-0.3, -0.25) is 9.59 Å². The lowest BCUT2D eigenvalue weighted by atomic mass is 10.6. The van der Waals surface area contributed by atoms with Crippen molar-refractivity contribution in [3.63, 3.8) is 0 Å². The van der Waals surface area contributed by atoms with Crippen LogP contribution in [0.25, 0.3) is 0 Å². The topological polar surface area (TPSA) is 98.5 Å².